The number of hydrogen-bond acceptors (Lipinski definition) is 4. The van der Waals surface area contributed by atoms with Gasteiger partial charge in [-0.2, -0.15) is 5.26 Å². The van der Waals surface area contributed by atoms with Gasteiger partial charge in [-0.25, -0.2) is 4.98 Å². The molecule has 10 heteroatoms. The zero-order valence-corrected chi connectivity index (χ0v) is 20.9. The Hall–Kier alpha value is -3.12. The standard InChI is InChI=1S/C24H24Cl2N6OS/c1-28-24(34)31(15-19-3-2-4-21(25)23(19)26)10-9-30-22(33)11-20-13-29-16-32(20)14-18-7-5-17(12-27)6-8-18/h2-8,13,16H,9-11,14-15H2,1H3,(H,28,34)(H,30,33). The molecule has 0 aliphatic rings. The van der Waals surface area contributed by atoms with E-state index in [1.807, 2.05) is 33.7 Å². The van der Waals surface area contributed by atoms with Gasteiger partial charge in [-0.1, -0.05) is 47.5 Å². The Labute approximate surface area is 214 Å². The molecule has 1 aromatic heterocycles. The molecule has 0 saturated heterocycles. The van der Waals surface area contributed by atoms with Crippen LogP contribution in [0, 0.1) is 11.3 Å². The molecule has 0 atom stereocenters. The second-order valence-corrected chi connectivity index (χ2v) is 8.71. The fraction of sp³-hybridized carbons (Fsp3) is 0.250. The molecule has 1 heterocycles. The first kappa shape index (κ1) is 25.5. The minimum absolute atomic E-state index is 0.113. The highest BCUT2D eigenvalue weighted by atomic mass is 35.5. The number of benzene rings is 2. The van der Waals surface area contributed by atoms with Crippen LogP contribution < -0.4 is 10.6 Å². The minimum atomic E-state index is -0.113. The van der Waals surface area contributed by atoms with Crippen molar-refractivity contribution in [1.29, 1.82) is 5.26 Å². The van der Waals surface area contributed by atoms with Gasteiger partial charge >= 0.3 is 0 Å². The van der Waals surface area contributed by atoms with E-state index in [0.717, 1.165) is 16.8 Å². The molecular weight excluding hydrogens is 491 g/mol. The number of aromatic nitrogens is 2. The van der Waals surface area contributed by atoms with Gasteiger partial charge in [-0.05, 0) is 41.5 Å². The second-order valence-electron chi connectivity index (χ2n) is 7.54. The molecule has 0 saturated carbocycles. The molecule has 0 radical (unpaired) electrons. The average molecular weight is 515 g/mol. The van der Waals surface area contributed by atoms with Crippen LogP contribution >= 0.6 is 35.4 Å². The van der Waals surface area contributed by atoms with Crippen molar-refractivity contribution in [2.45, 2.75) is 19.5 Å². The highest BCUT2D eigenvalue weighted by molar-refractivity contribution is 7.80. The summed E-state index contributed by atoms with van der Waals surface area (Å²) >= 11 is 17.9. The normalized spacial score (nSPS) is 10.4. The summed E-state index contributed by atoms with van der Waals surface area (Å²) in [5.74, 6) is -0.113. The maximum absolute atomic E-state index is 12.6. The van der Waals surface area contributed by atoms with Gasteiger partial charge in [-0.3, -0.25) is 4.79 Å². The van der Waals surface area contributed by atoms with E-state index in [4.69, 9.17) is 40.7 Å². The summed E-state index contributed by atoms with van der Waals surface area (Å²) in [6, 6.07) is 14.9. The van der Waals surface area contributed by atoms with Crippen molar-refractivity contribution in [3.8, 4) is 6.07 Å². The second kappa shape index (κ2) is 12.4. The summed E-state index contributed by atoms with van der Waals surface area (Å²) in [6.45, 7) is 1.94. The third kappa shape index (κ3) is 6.94. The molecule has 0 aliphatic carbocycles. The van der Waals surface area contributed by atoms with E-state index in [-0.39, 0.29) is 12.3 Å². The Bertz CT molecular complexity index is 1190. The van der Waals surface area contributed by atoms with E-state index in [2.05, 4.69) is 21.7 Å². The highest BCUT2D eigenvalue weighted by Crippen LogP contribution is 2.26. The lowest BCUT2D eigenvalue weighted by Gasteiger charge is -2.25. The van der Waals surface area contributed by atoms with E-state index in [1.54, 1.807) is 37.8 Å². The largest absolute Gasteiger partial charge is 0.366 e. The molecule has 0 aliphatic heterocycles. The summed E-state index contributed by atoms with van der Waals surface area (Å²) in [6.07, 6.45) is 3.59. The monoisotopic (exact) mass is 514 g/mol. The predicted molar refractivity (Wildman–Crippen MR) is 138 cm³/mol. The number of carbonyl (C=O) groups is 1. The van der Waals surface area contributed by atoms with Crippen molar-refractivity contribution in [1.82, 2.24) is 25.1 Å². The van der Waals surface area contributed by atoms with Crippen molar-refractivity contribution in [3.63, 3.8) is 0 Å². The molecule has 0 unspecified atom stereocenters. The number of thiocarbonyl (C=S) groups is 1. The molecule has 2 N–H and O–H groups in total. The SMILES string of the molecule is CNC(=S)N(CCNC(=O)Cc1cncn1Cc1ccc(C#N)cc1)Cc1cccc(Cl)c1Cl. The average Bonchev–Trinajstić information content (AvgIpc) is 3.27. The first-order chi connectivity index (χ1) is 16.4. The Balaban J connectivity index is 1.54. The summed E-state index contributed by atoms with van der Waals surface area (Å²) in [4.78, 5) is 18.7. The van der Waals surface area contributed by atoms with Crippen molar-refractivity contribution in [2.75, 3.05) is 20.1 Å². The number of nitriles is 1. The van der Waals surface area contributed by atoms with Crippen LogP contribution in [0.1, 0.15) is 22.4 Å². The molecule has 7 nitrogen and oxygen atoms in total. The highest BCUT2D eigenvalue weighted by Gasteiger charge is 2.14. The van der Waals surface area contributed by atoms with E-state index in [1.165, 1.54) is 0 Å². The molecule has 0 fully saturated rings. The zero-order chi connectivity index (χ0) is 24.5. The third-order valence-electron chi connectivity index (χ3n) is 5.17. The molecule has 2 aromatic carbocycles. The van der Waals surface area contributed by atoms with Gasteiger partial charge in [0.1, 0.15) is 0 Å². The van der Waals surface area contributed by atoms with E-state index < -0.39 is 0 Å². The summed E-state index contributed by atoms with van der Waals surface area (Å²) < 4.78 is 1.92. The Kier molecular flexibility index (Phi) is 9.28. The first-order valence-electron chi connectivity index (χ1n) is 10.6. The number of hydrogen-bond donors (Lipinski definition) is 2. The van der Waals surface area contributed by atoms with Gasteiger partial charge in [0.25, 0.3) is 0 Å². The summed E-state index contributed by atoms with van der Waals surface area (Å²) in [5, 5.41) is 16.4. The topological polar surface area (TPSA) is 86.0 Å². The summed E-state index contributed by atoms with van der Waals surface area (Å²) in [7, 11) is 1.75. The van der Waals surface area contributed by atoms with Crippen molar-refractivity contribution in [2.24, 2.45) is 0 Å². The van der Waals surface area contributed by atoms with E-state index in [0.29, 0.717) is 46.9 Å². The molecule has 176 valence electrons. The maximum Gasteiger partial charge on any atom is 0.226 e. The van der Waals surface area contributed by atoms with Crippen LogP contribution in [0.4, 0.5) is 0 Å². The van der Waals surface area contributed by atoms with Crippen LogP contribution in [0.5, 0.6) is 0 Å². The maximum atomic E-state index is 12.6. The first-order valence-corrected chi connectivity index (χ1v) is 11.7. The van der Waals surface area contributed by atoms with E-state index in [9.17, 15) is 4.79 Å². The molecular formula is C24H24Cl2N6OS. The number of rotatable bonds is 9. The quantitative estimate of drug-likeness (QED) is 0.422. The van der Waals surface area contributed by atoms with Crippen LogP contribution in [0.15, 0.2) is 55.0 Å². The molecule has 34 heavy (non-hydrogen) atoms. The van der Waals surface area contributed by atoms with Gasteiger partial charge in [-0.15, -0.1) is 0 Å². The van der Waals surface area contributed by atoms with Gasteiger partial charge in [0.15, 0.2) is 5.11 Å². The molecule has 0 bridgehead atoms. The third-order valence-corrected chi connectivity index (χ3v) is 6.49. The Morgan fingerprint density at radius 3 is 2.71 bits per heavy atom. The van der Waals surface area contributed by atoms with Crippen molar-refractivity contribution < 1.29 is 4.79 Å². The lowest BCUT2D eigenvalue weighted by atomic mass is 10.1. The number of carbonyl (C=O) groups excluding carboxylic acids is 1. The Morgan fingerprint density at radius 1 is 1.24 bits per heavy atom. The fourth-order valence-electron chi connectivity index (χ4n) is 3.36. The van der Waals surface area contributed by atoms with Gasteiger partial charge < -0.3 is 20.1 Å². The Morgan fingerprint density at radius 2 is 2.00 bits per heavy atom. The van der Waals surface area contributed by atoms with Crippen molar-refractivity contribution in [3.05, 3.63) is 87.4 Å². The smallest absolute Gasteiger partial charge is 0.226 e. The number of nitrogens with zero attached hydrogens (tertiary/aromatic N) is 4. The number of imidazole rings is 1. The lowest BCUT2D eigenvalue weighted by Crippen LogP contribution is -2.42. The number of amides is 1. The van der Waals surface area contributed by atoms with E-state index >= 15 is 0 Å². The number of nitrogens with one attached hydrogen (secondary N) is 2. The van der Waals surface area contributed by atoms with Crippen LogP contribution in [0.3, 0.4) is 0 Å². The predicted octanol–water partition coefficient (Wildman–Crippen LogP) is 3.78. The van der Waals surface area contributed by atoms with Crippen LogP contribution in [-0.2, 0) is 24.3 Å². The van der Waals surface area contributed by atoms with Gasteiger partial charge in [0.2, 0.25) is 5.91 Å². The number of halogens is 2. The fourth-order valence-corrected chi connectivity index (χ4v) is 3.90. The minimum Gasteiger partial charge on any atom is -0.366 e. The molecule has 1 amide bonds. The zero-order valence-electron chi connectivity index (χ0n) is 18.6. The summed E-state index contributed by atoms with van der Waals surface area (Å²) in [5.41, 5.74) is 3.29. The molecule has 3 aromatic rings. The van der Waals surface area contributed by atoms with Gasteiger partial charge in [0.05, 0.1) is 34.4 Å². The van der Waals surface area contributed by atoms with Crippen LogP contribution in [0.2, 0.25) is 10.0 Å². The van der Waals surface area contributed by atoms with Crippen LogP contribution in [0.25, 0.3) is 0 Å². The molecule has 3 rings (SSSR count). The van der Waals surface area contributed by atoms with Crippen molar-refractivity contribution >= 4 is 46.4 Å². The lowest BCUT2D eigenvalue weighted by molar-refractivity contribution is -0.120. The van der Waals surface area contributed by atoms with Gasteiger partial charge in [0, 0.05) is 45.1 Å². The molecule has 0 spiro atoms. The van der Waals surface area contributed by atoms with Crippen LogP contribution in [-0.4, -0.2) is 45.6 Å².